The quantitative estimate of drug-likeness (QED) is 0.689. The molecule has 100 valence electrons. The highest BCUT2D eigenvalue weighted by atomic mass is 32.2. The molecule has 0 atom stereocenters. The van der Waals surface area contributed by atoms with E-state index in [1.165, 1.54) is 11.1 Å². The average molecular weight is 282 g/mol. The van der Waals surface area contributed by atoms with Gasteiger partial charge in [-0.25, -0.2) is 0 Å². The van der Waals surface area contributed by atoms with Crippen molar-refractivity contribution >= 4 is 11.8 Å². The monoisotopic (exact) mass is 282 g/mol. The predicted octanol–water partition coefficient (Wildman–Crippen LogP) is 3.26. The molecule has 0 unspecified atom stereocenters. The second kappa shape index (κ2) is 5.88. The van der Waals surface area contributed by atoms with Crippen molar-refractivity contribution in [1.82, 2.24) is 19.7 Å². The fourth-order valence-electron chi connectivity index (χ4n) is 1.95. The average Bonchev–Trinajstić information content (AvgIpc) is 2.95. The van der Waals surface area contributed by atoms with Crippen molar-refractivity contribution in [3.63, 3.8) is 0 Å². The number of hydrogen-bond acceptors (Lipinski definition) is 4. The van der Waals surface area contributed by atoms with Crippen molar-refractivity contribution in [3.05, 3.63) is 66.2 Å². The van der Waals surface area contributed by atoms with Crippen LogP contribution in [0.1, 0.15) is 11.1 Å². The van der Waals surface area contributed by atoms with Gasteiger partial charge >= 0.3 is 0 Å². The van der Waals surface area contributed by atoms with Gasteiger partial charge in [-0.2, -0.15) is 0 Å². The maximum atomic E-state index is 4.20. The third-order valence-corrected chi connectivity index (χ3v) is 4.00. The molecule has 20 heavy (non-hydrogen) atoms. The highest BCUT2D eigenvalue weighted by Crippen LogP contribution is 2.24. The zero-order chi connectivity index (χ0) is 13.8. The summed E-state index contributed by atoms with van der Waals surface area (Å²) in [7, 11) is 0. The van der Waals surface area contributed by atoms with E-state index in [9.17, 15) is 0 Å². The third kappa shape index (κ3) is 2.72. The fourth-order valence-corrected chi connectivity index (χ4v) is 2.81. The topological polar surface area (TPSA) is 43.6 Å². The molecular formula is C15H14N4S. The van der Waals surface area contributed by atoms with E-state index in [0.29, 0.717) is 0 Å². The van der Waals surface area contributed by atoms with Gasteiger partial charge in [-0.1, -0.05) is 36.0 Å². The summed E-state index contributed by atoms with van der Waals surface area (Å²) in [6, 6.07) is 12.2. The number of benzene rings is 1. The molecule has 3 aromatic rings. The second-order valence-electron chi connectivity index (χ2n) is 4.42. The molecule has 3 rings (SSSR count). The summed E-state index contributed by atoms with van der Waals surface area (Å²) in [4.78, 5) is 4.12. The van der Waals surface area contributed by atoms with Gasteiger partial charge in [0.1, 0.15) is 6.33 Å². The lowest BCUT2D eigenvalue weighted by Crippen LogP contribution is -1.97. The third-order valence-electron chi connectivity index (χ3n) is 2.98. The van der Waals surface area contributed by atoms with Crippen LogP contribution in [-0.4, -0.2) is 19.7 Å². The van der Waals surface area contributed by atoms with E-state index in [0.717, 1.165) is 16.6 Å². The van der Waals surface area contributed by atoms with Gasteiger partial charge in [0.05, 0.1) is 5.69 Å². The lowest BCUT2D eigenvalue weighted by molar-refractivity contribution is 0.878. The van der Waals surface area contributed by atoms with Gasteiger partial charge in [-0.15, -0.1) is 10.2 Å². The van der Waals surface area contributed by atoms with E-state index in [1.54, 1.807) is 24.3 Å². The molecule has 0 bridgehead atoms. The Balaban J connectivity index is 1.83. The van der Waals surface area contributed by atoms with E-state index in [2.05, 4.69) is 40.3 Å². The van der Waals surface area contributed by atoms with Crippen molar-refractivity contribution in [2.45, 2.75) is 17.8 Å². The van der Waals surface area contributed by atoms with E-state index in [4.69, 9.17) is 0 Å². The lowest BCUT2D eigenvalue weighted by atomic mass is 10.2. The van der Waals surface area contributed by atoms with Gasteiger partial charge in [0, 0.05) is 18.1 Å². The minimum absolute atomic E-state index is 0.832. The molecule has 0 saturated carbocycles. The molecule has 4 nitrogen and oxygen atoms in total. The van der Waals surface area contributed by atoms with E-state index in [-0.39, 0.29) is 0 Å². The number of thioether (sulfide) groups is 1. The number of nitrogens with zero attached hydrogens (tertiary/aromatic N) is 4. The molecule has 0 aliphatic rings. The Morgan fingerprint density at radius 1 is 1.15 bits per heavy atom. The molecule has 0 fully saturated rings. The molecule has 0 N–H and O–H groups in total. The van der Waals surface area contributed by atoms with Gasteiger partial charge < -0.3 is 0 Å². The Kier molecular flexibility index (Phi) is 3.78. The summed E-state index contributed by atoms with van der Waals surface area (Å²) >= 11 is 1.66. The molecule has 0 aliphatic heterocycles. The SMILES string of the molecule is Cc1ccccc1-n1cnnc1SCc1cccnc1. The highest BCUT2D eigenvalue weighted by molar-refractivity contribution is 7.98. The van der Waals surface area contributed by atoms with Crippen LogP contribution in [0, 0.1) is 6.92 Å². The van der Waals surface area contributed by atoms with Crippen molar-refractivity contribution in [1.29, 1.82) is 0 Å². The minimum atomic E-state index is 0.832. The van der Waals surface area contributed by atoms with Gasteiger partial charge in [-0.3, -0.25) is 9.55 Å². The van der Waals surface area contributed by atoms with Crippen LogP contribution in [-0.2, 0) is 5.75 Å². The fraction of sp³-hybridized carbons (Fsp3) is 0.133. The molecular weight excluding hydrogens is 268 g/mol. The first-order chi connectivity index (χ1) is 9.84. The zero-order valence-corrected chi connectivity index (χ0v) is 11.9. The van der Waals surface area contributed by atoms with Crippen molar-refractivity contribution < 1.29 is 0 Å². The summed E-state index contributed by atoms with van der Waals surface area (Å²) in [6.07, 6.45) is 5.42. The van der Waals surface area contributed by atoms with Crippen LogP contribution >= 0.6 is 11.8 Å². The first-order valence-electron chi connectivity index (χ1n) is 6.32. The number of rotatable bonds is 4. The lowest BCUT2D eigenvalue weighted by Gasteiger charge is -2.08. The summed E-state index contributed by atoms with van der Waals surface area (Å²) in [5.41, 5.74) is 3.50. The zero-order valence-electron chi connectivity index (χ0n) is 11.1. The standard InChI is InChI=1S/C15H14N4S/c1-12-5-2-3-7-14(12)19-11-17-18-15(19)20-10-13-6-4-8-16-9-13/h2-9,11H,10H2,1H3. The number of aromatic nitrogens is 4. The van der Waals surface area contributed by atoms with Crippen molar-refractivity contribution in [2.24, 2.45) is 0 Å². The number of hydrogen-bond donors (Lipinski definition) is 0. The van der Waals surface area contributed by atoms with Crippen LogP contribution < -0.4 is 0 Å². The normalized spacial score (nSPS) is 10.7. The maximum absolute atomic E-state index is 4.20. The van der Waals surface area contributed by atoms with Gasteiger partial charge in [-0.05, 0) is 30.2 Å². The van der Waals surface area contributed by atoms with Crippen molar-refractivity contribution in [3.8, 4) is 5.69 Å². The Morgan fingerprint density at radius 2 is 2.05 bits per heavy atom. The van der Waals surface area contributed by atoms with E-state index in [1.807, 2.05) is 29.0 Å². The van der Waals surface area contributed by atoms with Crippen LogP contribution in [0.3, 0.4) is 0 Å². The summed E-state index contributed by atoms with van der Waals surface area (Å²) in [5.74, 6) is 0.832. The molecule has 0 aliphatic carbocycles. The summed E-state index contributed by atoms with van der Waals surface area (Å²) in [5, 5.41) is 9.12. The van der Waals surface area contributed by atoms with Gasteiger partial charge in [0.15, 0.2) is 5.16 Å². The molecule has 2 aromatic heterocycles. The largest absolute Gasteiger partial charge is 0.276 e. The van der Waals surface area contributed by atoms with Crippen molar-refractivity contribution in [2.75, 3.05) is 0 Å². The second-order valence-corrected chi connectivity index (χ2v) is 5.36. The summed E-state index contributed by atoms with van der Waals surface area (Å²) < 4.78 is 2.02. The first-order valence-corrected chi connectivity index (χ1v) is 7.31. The Bertz CT molecular complexity index is 694. The Morgan fingerprint density at radius 3 is 2.85 bits per heavy atom. The van der Waals surface area contributed by atoms with E-state index >= 15 is 0 Å². The van der Waals surface area contributed by atoms with Crippen LogP contribution in [0.15, 0.2) is 60.3 Å². The summed E-state index contributed by atoms with van der Waals surface area (Å²) in [6.45, 7) is 2.09. The Hall–Kier alpha value is -2.14. The molecule has 2 heterocycles. The predicted molar refractivity (Wildman–Crippen MR) is 79.9 cm³/mol. The van der Waals surface area contributed by atoms with Gasteiger partial charge in [0.2, 0.25) is 0 Å². The minimum Gasteiger partial charge on any atom is -0.276 e. The molecule has 0 amide bonds. The number of para-hydroxylation sites is 1. The number of pyridine rings is 1. The molecule has 5 heteroatoms. The molecule has 0 radical (unpaired) electrons. The van der Waals surface area contributed by atoms with E-state index < -0.39 is 0 Å². The van der Waals surface area contributed by atoms with Crippen LogP contribution in [0.25, 0.3) is 5.69 Å². The molecule has 0 saturated heterocycles. The first kappa shape index (κ1) is 12.9. The smallest absolute Gasteiger partial charge is 0.195 e. The molecule has 0 spiro atoms. The van der Waals surface area contributed by atoms with Crippen LogP contribution in [0.2, 0.25) is 0 Å². The van der Waals surface area contributed by atoms with Crippen LogP contribution in [0.4, 0.5) is 0 Å². The van der Waals surface area contributed by atoms with Crippen LogP contribution in [0.5, 0.6) is 0 Å². The highest BCUT2D eigenvalue weighted by Gasteiger charge is 2.09. The van der Waals surface area contributed by atoms with Gasteiger partial charge in [0.25, 0.3) is 0 Å². The Labute approximate surface area is 121 Å². The maximum Gasteiger partial charge on any atom is 0.195 e. The molecule has 1 aromatic carbocycles. The number of aryl methyl sites for hydroxylation is 1.